The first-order valence-electron chi connectivity index (χ1n) is 4.18. The Morgan fingerprint density at radius 1 is 1.60 bits per heavy atom. The van der Waals surface area contributed by atoms with E-state index in [2.05, 4.69) is 0 Å². The van der Waals surface area contributed by atoms with Gasteiger partial charge in [-0.25, -0.2) is 8.42 Å². The highest BCUT2D eigenvalue weighted by atomic mass is 32.2. The zero-order valence-corrected chi connectivity index (χ0v) is 9.81. The second-order valence-corrected chi connectivity index (χ2v) is 6.20. The van der Waals surface area contributed by atoms with Crippen LogP contribution in [0.3, 0.4) is 0 Å². The van der Waals surface area contributed by atoms with Crippen molar-refractivity contribution in [1.29, 1.82) is 5.26 Å². The van der Waals surface area contributed by atoms with Gasteiger partial charge < -0.3 is 5.73 Å². The van der Waals surface area contributed by atoms with Gasteiger partial charge in [-0.1, -0.05) is 0 Å². The number of likely N-dealkylation sites (N-methyl/N-ethyl adjacent to an activating group) is 1. The molecule has 7 heteroatoms. The molecule has 15 heavy (non-hydrogen) atoms. The van der Waals surface area contributed by atoms with Gasteiger partial charge in [-0.2, -0.15) is 9.57 Å². The van der Waals surface area contributed by atoms with Crippen LogP contribution in [0.5, 0.6) is 0 Å². The molecule has 0 radical (unpaired) electrons. The maximum Gasteiger partial charge on any atom is 0.252 e. The first-order valence-corrected chi connectivity index (χ1v) is 6.44. The van der Waals surface area contributed by atoms with E-state index in [-0.39, 0.29) is 17.3 Å². The highest BCUT2D eigenvalue weighted by Gasteiger charge is 2.21. The van der Waals surface area contributed by atoms with Crippen molar-refractivity contribution in [3.8, 4) is 6.07 Å². The van der Waals surface area contributed by atoms with Crippen LogP contribution in [0.25, 0.3) is 0 Å². The summed E-state index contributed by atoms with van der Waals surface area (Å²) in [6.45, 7) is 0.536. The molecule has 0 amide bonds. The van der Waals surface area contributed by atoms with Crippen molar-refractivity contribution in [3.05, 3.63) is 17.0 Å². The Labute approximate surface area is 92.8 Å². The molecule has 1 aromatic heterocycles. The third-order valence-corrected chi connectivity index (χ3v) is 5.11. The van der Waals surface area contributed by atoms with Crippen molar-refractivity contribution >= 4 is 21.4 Å². The monoisotopic (exact) mass is 245 g/mol. The Morgan fingerprint density at radius 2 is 2.27 bits per heavy atom. The zero-order valence-electron chi connectivity index (χ0n) is 8.17. The molecule has 0 atom stereocenters. The predicted molar refractivity (Wildman–Crippen MR) is 57.9 cm³/mol. The van der Waals surface area contributed by atoms with Crippen LogP contribution in [0, 0.1) is 11.3 Å². The third kappa shape index (κ3) is 2.54. The summed E-state index contributed by atoms with van der Waals surface area (Å²) in [6, 6.07) is 4.83. The second-order valence-electron chi connectivity index (χ2n) is 2.85. The first-order chi connectivity index (χ1) is 7.02. The fourth-order valence-electron chi connectivity index (χ4n) is 0.974. The molecule has 0 saturated carbocycles. The number of nitrogens with two attached hydrogens (primary N) is 1. The van der Waals surface area contributed by atoms with Crippen LogP contribution in [-0.4, -0.2) is 32.9 Å². The van der Waals surface area contributed by atoms with Gasteiger partial charge in [0, 0.05) is 20.1 Å². The van der Waals surface area contributed by atoms with E-state index < -0.39 is 10.0 Å². The minimum Gasteiger partial charge on any atom is -0.329 e. The Kier molecular flexibility index (Phi) is 3.82. The van der Waals surface area contributed by atoms with E-state index in [1.165, 1.54) is 23.5 Å². The number of hydrogen-bond donors (Lipinski definition) is 1. The Hall–Kier alpha value is -0.940. The van der Waals surface area contributed by atoms with E-state index in [0.717, 1.165) is 11.3 Å². The van der Waals surface area contributed by atoms with Crippen molar-refractivity contribution in [3.63, 3.8) is 0 Å². The molecule has 0 saturated heterocycles. The third-order valence-electron chi connectivity index (χ3n) is 1.80. The van der Waals surface area contributed by atoms with Gasteiger partial charge in [0.15, 0.2) is 0 Å². The number of rotatable bonds is 4. The molecule has 5 nitrogen and oxygen atoms in total. The van der Waals surface area contributed by atoms with Gasteiger partial charge in [-0.05, 0) is 12.1 Å². The molecule has 0 spiro atoms. The standard InChI is InChI=1S/C8H11N3O2S2/c1-11(5-4-9)15(12,13)8-3-2-7(6-10)14-8/h2-3H,4-5,9H2,1H3. The molecule has 0 aliphatic heterocycles. The van der Waals surface area contributed by atoms with E-state index in [4.69, 9.17) is 11.0 Å². The van der Waals surface area contributed by atoms with Gasteiger partial charge in [0.25, 0.3) is 10.0 Å². The summed E-state index contributed by atoms with van der Waals surface area (Å²) in [4.78, 5) is 0.384. The first kappa shape index (κ1) is 12.1. The summed E-state index contributed by atoms with van der Waals surface area (Å²) in [7, 11) is -2.00. The van der Waals surface area contributed by atoms with Crippen molar-refractivity contribution in [2.75, 3.05) is 20.1 Å². The number of sulfonamides is 1. The highest BCUT2D eigenvalue weighted by Crippen LogP contribution is 2.23. The molecule has 0 bridgehead atoms. The summed E-state index contributed by atoms with van der Waals surface area (Å²) in [5.74, 6) is 0. The van der Waals surface area contributed by atoms with Gasteiger partial charge in [-0.15, -0.1) is 11.3 Å². The normalized spacial score (nSPS) is 11.6. The quantitative estimate of drug-likeness (QED) is 0.820. The zero-order chi connectivity index (χ0) is 11.5. The average Bonchev–Trinajstić information content (AvgIpc) is 2.66. The fraction of sp³-hybridized carbons (Fsp3) is 0.375. The van der Waals surface area contributed by atoms with Gasteiger partial charge in [-0.3, -0.25) is 0 Å². The average molecular weight is 245 g/mol. The molecule has 0 unspecified atom stereocenters. The molecule has 82 valence electrons. The van der Waals surface area contributed by atoms with Crippen LogP contribution in [0.4, 0.5) is 0 Å². The van der Waals surface area contributed by atoms with Crippen LogP contribution < -0.4 is 5.73 Å². The smallest absolute Gasteiger partial charge is 0.252 e. The van der Waals surface area contributed by atoms with Crippen LogP contribution in [0.15, 0.2) is 16.3 Å². The molecule has 1 heterocycles. The van der Waals surface area contributed by atoms with E-state index in [1.807, 2.05) is 6.07 Å². The lowest BCUT2D eigenvalue weighted by atomic mass is 10.5. The van der Waals surface area contributed by atoms with Crippen molar-refractivity contribution < 1.29 is 8.42 Å². The SMILES string of the molecule is CN(CCN)S(=O)(=O)c1ccc(C#N)s1. The Morgan fingerprint density at radius 3 is 2.73 bits per heavy atom. The minimum absolute atomic E-state index is 0.176. The predicted octanol–water partition coefficient (Wildman–Crippen LogP) is 0.199. The van der Waals surface area contributed by atoms with Crippen molar-refractivity contribution in [2.45, 2.75) is 4.21 Å². The van der Waals surface area contributed by atoms with Crippen molar-refractivity contribution in [1.82, 2.24) is 4.31 Å². The molecule has 0 fully saturated rings. The van der Waals surface area contributed by atoms with Gasteiger partial charge >= 0.3 is 0 Å². The van der Waals surface area contributed by atoms with Crippen LogP contribution in [0.2, 0.25) is 0 Å². The van der Waals surface area contributed by atoms with Gasteiger partial charge in [0.1, 0.15) is 15.2 Å². The molecular formula is C8H11N3O2S2. The summed E-state index contributed by atoms with van der Waals surface area (Å²) in [5, 5.41) is 8.59. The number of hydrogen-bond acceptors (Lipinski definition) is 5. The Balaban J connectivity index is 3.01. The van der Waals surface area contributed by atoms with Gasteiger partial charge in [0.05, 0.1) is 0 Å². The van der Waals surface area contributed by atoms with E-state index in [1.54, 1.807) is 0 Å². The fourth-order valence-corrected chi connectivity index (χ4v) is 3.47. The molecule has 2 N–H and O–H groups in total. The summed E-state index contributed by atoms with van der Waals surface area (Å²) in [5.41, 5.74) is 5.28. The highest BCUT2D eigenvalue weighted by molar-refractivity contribution is 7.91. The summed E-state index contributed by atoms with van der Waals surface area (Å²) in [6.07, 6.45) is 0. The maximum atomic E-state index is 11.8. The summed E-state index contributed by atoms with van der Waals surface area (Å²) < 4.78 is 25.0. The largest absolute Gasteiger partial charge is 0.329 e. The molecule has 0 aliphatic rings. The summed E-state index contributed by atoms with van der Waals surface area (Å²) >= 11 is 0.962. The topological polar surface area (TPSA) is 87.2 Å². The lowest BCUT2D eigenvalue weighted by Gasteiger charge is -2.14. The molecular weight excluding hydrogens is 234 g/mol. The van der Waals surface area contributed by atoms with Crippen LogP contribution in [-0.2, 0) is 10.0 Å². The van der Waals surface area contributed by atoms with Crippen LogP contribution in [0.1, 0.15) is 4.88 Å². The van der Waals surface area contributed by atoms with Crippen molar-refractivity contribution in [2.24, 2.45) is 5.73 Å². The molecule has 1 aromatic rings. The van der Waals surface area contributed by atoms with E-state index in [0.29, 0.717) is 4.88 Å². The lowest BCUT2D eigenvalue weighted by Crippen LogP contribution is -2.31. The Bertz CT molecular complexity index is 472. The second kappa shape index (κ2) is 4.72. The van der Waals surface area contributed by atoms with E-state index >= 15 is 0 Å². The number of nitrogens with zero attached hydrogens (tertiary/aromatic N) is 2. The maximum absolute atomic E-state index is 11.8. The van der Waals surface area contributed by atoms with E-state index in [9.17, 15) is 8.42 Å². The van der Waals surface area contributed by atoms with Gasteiger partial charge in [0.2, 0.25) is 0 Å². The minimum atomic E-state index is -3.47. The number of thiophene rings is 1. The lowest BCUT2D eigenvalue weighted by molar-refractivity contribution is 0.478. The number of nitriles is 1. The molecule has 0 aromatic carbocycles. The van der Waals surface area contributed by atoms with Crippen LogP contribution >= 0.6 is 11.3 Å². The molecule has 0 aliphatic carbocycles. The molecule has 1 rings (SSSR count).